The lowest BCUT2D eigenvalue weighted by Crippen LogP contribution is -2.00. The number of carbonyl (C=O) groups excluding carboxylic acids is 1. The maximum atomic E-state index is 11.8. The van der Waals surface area contributed by atoms with Gasteiger partial charge in [0.2, 0.25) is 0 Å². The van der Waals surface area contributed by atoms with Gasteiger partial charge in [-0.15, -0.1) is 0 Å². The van der Waals surface area contributed by atoms with Gasteiger partial charge in [-0.2, -0.15) is 0 Å². The van der Waals surface area contributed by atoms with E-state index in [-0.39, 0.29) is 12.3 Å². The zero-order valence-corrected chi connectivity index (χ0v) is 10.6. The molecule has 0 atom stereocenters. The largest absolute Gasteiger partial charge is 0.455 e. The monoisotopic (exact) mass is 270 g/mol. The van der Waals surface area contributed by atoms with Gasteiger partial charge in [0.25, 0.3) is 5.69 Å². The molecule has 0 fully saturated rings. The van der Waals surface area contributed by atoms with E-state index >= 15 is 0 Å². The number of non-ortho nitro benzene ring substituents is 1. The highest BCUT2D eigenvalue weighted by molar-refractivity contribution is 6.00. The number of nitro groups is 1. The molecule has 6 heteroatoms. The number of esters is 1. The van der Waals surface area contributed by atoms with Gasteiger partial charge in [-0.1, -0.05) is 12.1 Å². The lowest BCUT2D eigenvalue weighted by Gasteiger charge is -2.07. The highest BCUT2D eigenvalue weighted by atomic mass is 16.6. The van der Waals surface area contributed by atoms with Crippen molar-refractivity contribution < 1.29 is 14.5 Å². The summed E-state index contributed by atoms with van der Waals surface area (Å²) in [6.45, 7) is 1.96. The van der Waals surface area contributed by atoms with Gasteiger partial charge in [0.15, 0.2) is 0 Å². The number of ether oxygens (including phenoxy) is 1. The lowest BCUT2D eigenvalue weighted by molar-refractivity contribution is -0.384. The van der Waals surface area contributed by atoms with Crippen LogP contribution in [0.3, 0.4) is 0 Å². The Bertz CT molecular complexity index is 740. The first kappa shape index (κ1) is 12.3. The molecule has 100 valence electrons. The van der Waals surface area contributed by atoms with Crippen LogP contribution < -0.4 is 0 Å². The third-order valence-electron chi connectivity index (χ3n) is 3.13. The van der Waals surface area contributed by atoms with Crippen LogP contribution >= 0.6 is 0 Å². The number of pyridine rings is 1. The Balaban J connectivity index is 2.23. The summed E-state index contributed by atoms with van der Waals surface area (Å²) in [6.07, 6.45) is 0. The van der Waals surface area contributed by atoms with Gasteiger partial charge in [0, 0.05) is 23.4 Å². The molecule has 2 heterocycles. The number of carbonyl (C=O) groups is 1. The van der Waals surface area contributed by atoms with Gasteiger partial charge in [-0.3, -0.25) is 15.1 Å². The second-order valence-corrected chi connectivity index (χ2v) is 4.52. The summed E-state index contributed by atoms with van der Waals surface area (Å²) in [5, 5.41) is 10.9. The number of nitrogens with zero attached hydrogens (tertiary/aromatic N) is 2. The Morgan fingerprint density at radius 2 is 2.15 bits per heavy atom. The molecule has 1 aliphatic heterocycles. The second-order valence-electron chi connectivity index (χ2n) is 4.52. The summed E-state index contributed by atoms with van der Waals surface area (Å²) in [4.78, 5) is 26.5. The van der Waals surface area contributed by atoms with Crippen LogP contribution in [0.25, 0.3) is 11.1 Å². The van der Waals surface area contributed by atoms with E-state index in [2.05, 4.69) is 4.98 Å². The molecule has 0 amide bonds. The summed E-state index contributed by atoms with van der Waals surface area (Å²) in [6, 6.07) is 7.92. The fourth-order valence-electron chi connectivity index (χ4n) is 2.29. The molecule has 0 N–H and O–H groups in total. The highest BCUT2D eigenvalue weighted by Crippen LogP contribution is 2.32. The Labute approximate surface area is 114 Å². The second kappa shape index (κ2) is 4.41. The van der Waals surface area contributed by atoms with Gasteiger partial charge in [-0.05, 0) is 18.6 Å². The zero-order valence-electron chi connectivity index (χ0n) is 10.6. The van der Waals surface area contributed by atoms with Crippen molar-refractivity contribution in [2.45, 2.75) is 13.5 Å². The molecule has 0 bridgehead atoms. The lowest BCUT2D eigenvalue weighted by atomic mass is 9.98. The maximum absolute atomic E-state index is 11.8. The molecular formula is C14H10N2O4. The van der Waals surface area contributed by atoms with Crippen molar-refractivity contribution >= 4 is 11.7 Å². The van der Waals surface area contributed by atoms with E-state index in [0.717, 1.165) is 5.69 Å². The highest BCUT2D eigenvalue weighted by Gasteiger charge is 2.27. The van der Waals surface area contributed by atoms with Crippen LogP contribution in [0.15, 0.2) is 30.3 Å². The van der Waals surface area contributed by atoms with Crippen molar-refractivity contribution in [1.82, 2.24) is 4.98 Å². The number of hydrogen-bond acceptors (Lipinski definition) is 5. The van der Waals surface area contributed by atoms with Gasteiger partial charge < -0.3 is 4.74 Å². The summed E-state index contributed by atoms with van der Waals surface area (Å²) in [7, 11) is 0. The summed E-state index contributed by atoms with van der Waals surface area (Å²) in [5.74, 6) is -0.436. The molecule has 20 heavy (non-hydrogen) atoms. The average Bonchev–Trinajstić information content (AvgIpc) is 2.79. The van der Waals surface area contributed by atoms with E-state index in [9.17, 15) is 14.9 Å². The Morgan fingerprint density at radius 3 is 2.90 bits per heavy atom. The van der Waals surface area contributed by atoms with E-state index < -0.39 is 10.9 Å². The van der Waals surface area contributed by atoms with Gasteiger partial charge in [0.1, 0.15) is 6.61 Å². The number of aromatic nitrogens is 1. The molecule has 0 radical (unpaired) electrons. The van der Waals surface area contributed by atoms with Gasteiger partial charge >= 0.3 is 5.97 Å². The van der Waals surface area contributed by atoms with Crippen LogP contribution in [-0.2, 0) is 11.3 Å². The Hall–Kier alpha value is -2.76. The fourth-order valence-corrected chi connectivity index (χ4v) is 2.29. The predicted molar refractivity (Wildman–Crippen MR) is 70.2 cm³/mol. The van der Waals surface area contributed by atoms with Gasteiger partial charge in [-0.25, -0.2) is 4.79 Å². The number of rotatable bonds is 2. The SMILES string of the molecule is Cc1cc(-c2cccc([N+](=O)[O-])c2)c2c(n1)COC2=O. The zero-order chi connectivity index (χ0) is 14.3. The van der Waals surface area contributed by atoms with Crippen LogP contribution in [0.4, 0.5) is 5.69 Å². The normalized spacial score (nSPS) is 12.9. The molecule has 1 aromatic carbocycles. The third kappa shape index (κ3) is 1.91. The Kier molecular flexibility index (Phi) is 2.71. The molecule has 0 spiro atoms. The molecule has 6 nitrogen and oxygen atoms in total. The predicted octanol–water partition coefficient (Wildman–Crippen LogP) is 2.64. The van der Waals surface area contributed by atoms with E-state index in [1.807, 2.05) is 6.92 Å². The molecule has 0 saturated carbocycles. The van der Waals surface area contributed by atoms with Gasteiger partial charge in [0.05, 0.1) is 16.2 Å². The first-order valence-electron chi connectivity index (χ1n) is 5.99. The topological polar surface area (TPSA) is 82.3 Å². The molecular weight excluding hydrogens is 260 g/mol. The van der Waals surface area contributed by atoms with Crippen molar-refractivity contribution in [2.75, 3.05) is 0 Å². The number of cyclic esters (lactones) is 1. The van der Waals surface area contributed by atoms with E-state index in [1.54, 1.807) is 18.2 Å². The number of aryl methyl sites for hydroxylation is 1. The van der Waals surface area contributed by atoms with E-state index in [1.165, 1.54) is 12.1 Å². The molecule has 0 unspecified atom stereocenters. The molecule has 0 saturated heterocycles. The van der Waals surface area contributed by atoms with Crippen molar-refractivity contribution in [3.05, 3.63) is 57.4 Å². The van der Waals surface area contributed by atoms with Crippen molar-refractivity contribution in [1.29, 1.82) is 0 Å². The van der Waals surface area contributed by atoms with Crippen molar-refractivity contribution in [2.24, 2.45) is 0 Å². The maximum Gasteiger partial charge on any atom is 0.341 e. The smallest absolute Gasteiger partial charge is 0.341 e. The quantitative estimate of drug-likeness (QED) is 0.476. The first-order valence-corrected chi connectivity index (χ1v) is 5.99. The van der Waals surface area contributed by atoms with Crippen LogP contribution in [0.1, 0.15) is 21.7 Å². The average molecular weight is 270 g/mol. The molecule has 2 aromatic rings. The number of benzene rings is 1. The third-order valence-corrected chi connectivity index (χ3v) is 3.13. The van der Waals surface area contributed by atoms with E-state index in [0.29, 0.717) is 22.4 Å². The number of nitro benzene ring substituents is 1. The number of hydrogen-bond donors (Lipinski definition) is 0. The summed E-state index contributed by atoms with van der Waals surface area (Å²) < 4.78 is 4.98. The van der Waals surface area contributed by atoms with Crippen LogP contribution in [-0.4, -0.2) is 15.9 Å². The van der Waals surface area contributed by atoms with Crippen molar-refractivity contribution in [3.63, 3.8) is 0 Å². The van der Waals surface area contributed by atoms with Crippen LogP contribution in [0.5, 0.6) is 0 Å². The minimum Gasteiger partial charge on any atom is -0.455 e. The minimum absolute atomic E-state index is 0.0166. The molecule has 0 aliphatic carbocycles. The van der Waals surface area contributed by atoms with Crippen molar-refractivity contribution in [3.8, 4) is 11.1 Å². The molecule has 1 aliphatic rings. The Morgan fingerprint density at radius 1 is 1.35 bits per heavy atom. The standard InChI is InChI=1S/C14H10N2O4/c1-8-5-11(13-12(15-8)7-20-14(13)17)9-3-2-4-10(6-9)16(18)19/h2-6H,7H2,1H3. The fraction of sp³-hybridized carbons (Fsp3) is 0.143. The summed E-state index contributed by atoms with van der Waals surface area (Å²) >= 11 is 0. The van der Waals surface area contributed by atoms with E-state index in [4.69, 9.17) is 4.74 Å². The minimum atomic E-state index is -0.462. The van der Waals surface area contributed by atoms with Crippen LogP contribution in [0, 0.1) is 17.0 Å². The summed E-state index contributed by atoms with van der Waals surface area (Å²) in [5.41, 5.74) is 2.94. The first-order chi connectivity index (χ1) is 9.56. The van der Waals surface area contributed by atoms with Crippen LogP contribution in [0.2, 0.25) is 0 Å². The molecule has 3 rings (SSSR count). The molecule has 1 aromatic heterocycles. The number of fused-ring (bicyclic) bond motifs is 1.